The fourth-order valence-corrected chi connectivity index (χ4v) is 1.86. The quantitative estimate of drug-likeness (QED) is 0.666. The van der Waals surface area contributed by atoms with Gasteiger partial charge in [0.05, 0.1) is 37.2 Å². The molecule has 0 spiro atoms. The van der Waals surface area contributed by atoms with E-state index in [2.05, 4.69) is 19.9 Å². The molecule has 2 aromatic rings. The van der Waals surface area contributed by atoms with Crippen molar-refractivity contribution in [2.75, 3.05) is 19.5 Å². The molecule has 0 amide bonds. The standard InChI is InChI=1S/C15H14ClN3O4/c1-22-14(20)7-13(15(21)23-2)18-11-3-5-12(6-4-11)19-9-10(16)8-17-19/h3-9,18H,1-2H3/b13-7+. The van der Waals surface area contributed by atoms with E-state index in [4.69, 9.17) is 11.6 Å². The topological polar surface area (TPSA) is 82.5 Å². The lowest BCUT2D eigenvalue weighted by molar-refractivity contribution is -0.138. The summed E-state index contributed by atoms with van der Waals surface area (Å²) in [6.45, 7) is 0. The maximum Gasteiger partial charge on any atom is 0.354 e. The zero-order chi connectivity index (χ0) is 16.8. The number of hydrogen-bond donors (Lipinski definition) is 1. The number of halogens is 1. The van der Waals surface area contributed by atoms with E-state index >= 15 is 0 Å². The summed E-state index contributed by atoms with van der Waals surface area (Å²) < 4.78 is 10.7. The molecule has 7 nitrogen and oxygen atoms in total. The van der Waals surface area contributed by atoms with Crippen molar-refractivity contribution in [2.45, 2.75) is 0 Å². The van der Waals surface area contributed by atoms with Crippen LogP contribution in [0.4, 0.5) is 5.69 Å². The van der Waals surface area contributed by atoms with E-state index in [0.717, 1.165) is 11.8 Å². The second-order valence-corrected chi connectivity index (χ2v) is 4.78. The van der Waals surface area contributed by atoms with E-state index < -0.39 is 11.9 Å². The number of methoxy groups -OCH3 is 2. The first-order chi connectivity index (χ1) is 11.0. The van der Waals surface area contributed by atoms with Crippen LogP contribution in [0.5, 0.6) is 0 Å². The van der Waals surface area contributed by atoms with Gasteiger partial charge in [-0.3, -0.25) is 0 Å². The van der Waals surface area contributed by atoms with E-state index in [0.29, 0.717) is 10.7 Å². The second kappa shape index (κ2) is 7.46. The van der Waals surface area contributed by atoms with Crippen LogP contribution in [-0.4, -0.2) is 35.9 Å². The van der Waals surface area contributed by atoms with Gasteiger partial charge in [-0.2, -0.15) is 5.10 Å². The zero-order valence-corrected chi connectivity index (χ0v) is 13.2. The molecule has 8 heteroatoms. The summed E-state index contributed by atoms with van der Waals surface area (Å²) in [7, 11) is 2.44. The van der Waals surface area contributed by atoms with Crippen LogP contribution >= 0.6 is 11.6 Å². The van der Waals surface area contributed by atoms with Crippen molar-refractivity contribution in [3.63, 3.8) is 0 Å². The molecular weight excluding hydrogens is 322 g/mol. The number of aromatic nitrogens is 2. The zero-order valence-electron chi connectivity index (χ0n) is 12.4. The van der Waals surface area contributed by atoms with Gasteiger partial charge < -0.3 is 14.8 Å². The fourth-order valence-electron chi connectivity index (χ4n) is 1.73. The van der Waals surface area contributed by atoms with Gasteiger partial charge in [0.1, 0.15) is 5.70 Å². The molecule has 1 aromatic heterocycles. The molecular formula is C15H14ClN3O4. The monoisotopic (exact) mass is 335 g/mol. The van der Waals surface area contributed by atoms with Crippen LogP contribution in [0.15, 0.2) is 48.4 Å². The first kappa shape index (κ1) is 16.6. The van der Waals surface area contributed by atoms with Gasteiger partial charge in [-0.05, 0) is 24.3 Å². The molecule has 0 aliphatic carbocycles. The Morgan fingerprint density at radius 1 is 1.22 bits per heavy atom. The molecule has 0 unspecified atom stereocenters. The molecule has 0 atom stereocenters. The summed E-state index contributed by atoms with van der Waals surface area (Å²) in [6, 6.07) is 7.00. The van der Waals surface area contributed by atoms with Crippen molar-refractivity contribution in [3.8, 4) is 5.69 Å². The molecule has 0 fully saturated rings. The molecule has 1 N–H and O–H groups in total. The number of nitrogens with one attached hydrogen (secondary N) is 1. The van der Waals surface area contributed by atoms with Gasteiger partial charge in [0.15, 0.2) is 0 Å². The van der Waals surface area contributed by atoms with Gasteiger partial charge in [-0.15, -0.1) is 0 Å². The lowest BCUT2D eigenvalue weighted by Gasteiger charge is -2.09. The molecule has 0 saturated heterocycles. The number of ether oxygens (including phenoxy) is 2. The molecule has 0 radical (unpaired) electrons. The lowest BCUT2D eigenvalue weighted by atomic mass is 10.2. The first-order valence-electron chi connectivity index (χ1n) is 6.49. The van der Waals surface area contributed by atoms with Crippen molar-refractivity contribution >= 4 is 29.2 Å². The number of rotatable bonds is 5. The number of anilines is 1. The number of hydrogen-bond acceptors (Lipinski definition) is 6. The minimum Gasteiger partial charge on any atom is -0.466 e. The Kier molecular flexibility index (Phi) is 5.37. The predicted octanol–water partition coefficient (Wildman–Crippen LogP) is 2.17. The van der Waals surface area contributed by atoms with Crippen LogP contribution in [0.2, 0.25) is 5.02 Å². The average Bonchev–Trinajstić information content (AvgIpc) is 3.00. The summed E-state index contributed by atoms with van der Waals surface area (Å²) >= 11 is 5.83. The third-order valence-corrected chi connectivity index (χ3v) is 3.03. The Bertz CT molecular complexity index is 737. The summed E-state index contributed by atoms with van der Waals surface area (Å²) in [5.74, 6) is -1.35. The summed E-state index contributed by atoms with van der Waals surface area (Å²) in [5, 5.41) is 7.42. The highest BCUT2D eigenvalue weighted by Crippen LogP contribution is 2.16. The Morgan fingerprint density at radius 2 is 1.91 bits per heavy atom. The van der Waals surface area contributed by atoms with E-state index in [1.54, 1.807) is 35.1 Å². The maximum absolute atomic E-state index is 11.7. The second-order valence-electron chi connectivity index (χ2n) is 4.35. The molecule has 1 heterocycles. The van der Waals surface area contributed by atoms with E-state index in [1.165, 1.54) is 20.4 Å². The van der Waals surface area contributed by atoms with Crippen LogP contribution in [0.1, 0.15) is 0 Å². The van der Waals surface area contributed by atoms with Crippen LogP contribution < -0.4 is 5.32 Å². The SMILES string of the molecule is COC(=O)/C=C(/Nc1ccc(-n2cc(Cl)cn2)cc1)C(=O)OC. The van der Waals surface area contributed by atoms with Crippen molar-refractivity contribution in [1.29, 1.82) is 0 Å². The van der Waals surface area contributed by atoms with Crippen molar-refractivity contribution in [3.05, 3.63) is 53.5 Å². The van der Waals surface area contributed by atoms with Crippen LogP contribution in [-0.2, 0) is 19.1 Å². The highest BCUT2D eigenvalue weighted by atomic mass is 35.5. The highest BCUT2D eigenvalue weighted by molar-refractivity contribution is 6.30. The van der Waals surface area contributed by atoms with Crippen molar-refractivity contribution < 1.29 is 19.1 Å². The number of esters is 2. The number of benzene rings is 1. The Balaban J connectivity index is 2.19. The first-order valence-corrected chi connectivity index (χ1v) is 6.87. The van der Waals surface area contributed by atoms with Gasteiger partial charge >= 0.3 is 11.9 Å². The lowest BCUT2D eigenvalue weighted by Crippen LogP contribution is -2.15. The van der Waals surface area contributed by atoms with Gasteiger partial charge in [0.2, 0.25) is 0 Å². The minimum absolute atomic E-state index is 0.0331. The molecule has 0 aliphatic rings. The number of nitrogens with zero attached hydrogens (tertiary/aromatic N) is 2. The molecule has 0 bridgehead atoms. The normalized spacial score (nSPS) is 11.0. The fraction of sp³-hybridized carbons (Fsp3) is 0.133. The third kappa shape index (κ3) is 4.33. The van der Waals surface area contributed by atoms with Gasteiger partial charge in [-0.25, -0.2) is 14.3 Å². The van der Waals surface area contributed by atoms with Gasteiger partial charge in [-0.1, -0.05) is 11.6 Å². The molecule has 2 rings (SSSR count). The summed E-state index contributed by atoms with van der Waals surface area (Å²) in [4.78, 5) is 23.0. The highest BCUT2D eigenvalue weighted by Gasteiger charge is 2.12. The van der Waals surface area contributed by atoms with Crippen molar-refractivity contribution in [1.82, 2.24) is 9.78 Å². The summed E-state index contributed by atoms with van der Waals surface area (Å²) in [6.07, 6.45) is 4.22. The van der Waals surface area contributed by atoms with Crippen LogP contribution in [0.3, 0.4) is 0 Å². The van der Waals surface area contributed by atoms with E-state index in [-0.39, 0.29) is 5.70 Å². The Hall–Kier alpha value is -2.80. The molecule has 1 aromatic carbocycles. The molecule has 120 valence electrons. The molecule has 23 heavy (non-hydrogen) atoms. The number of carbonyl (C=O) groups excluding carboxylic acids is 2. The Labute approximate surface area is 137 Å². The van der Waals surface area contributed by atoms with Gasteiger partial charge in [0.25, 0.3) is 0 Å². The van der Waals surface area contributed by atoms with Gasteiger partial charge in [0, 0.05) is 11.9 Å². The predicted molar refractivity (Wildman–Crippen MR) is 84.3 cm³/mol. The van der Waals surface area contributed by atoms with Crippen molar-refractivity contribution in [2.24, 2.45) is 0 Å². The summed E-state index contributed by atoms with van der Waals surface area (Å²) in [5.41, 5.74) is 1.35. The largest absolute Gasteiger partial charge is 0.466 e. The molecule has 0 aliphatic heterocycles. The molecule has 0 saturated carbocycles. The average molecular weight is 336 g/mol. The van der Waals surface area contributed by atoms with Crippen LogP contribution in [0, 0.1) is 0 Å². The van der Waals surface area contributed by atoms with Crippen LogP contribution in [0.25, 0.3) is 5.69 Å². The van der Waals surface area contributed by atoms with E-state index in [9.17, 15) is 9.59 Å². The smallest absolute Gasteiger partial charge is 0.354 e. The maximum atomic E-state index is 11.7. The third-order valence-electron chi connectivity index (χ3n) is 2.83. The Morgan fingerprint density at radius 3 is 2.43 bits per heavy atom. The minimum atomic E-state index is -0.682. The number of carbonyl (C=O) groups is 2. The van der Waals surface area contributed by atoms with E-state index in [1.807, 2.05) is 0 Å².